The molecule has 0 aliphatic carbocycles. The zero-order chi connectivity index (χ0) is 24.7. The van der Waals surface area contributed by atoms with Gasteiger partial charge in [0.2, 0.25) is 5.91 Å². The number of aryl methyl sites for hydroxylation is 1. The van der Waals surface area contributed by atoms with Crippen molar-refractivity contribution in [1.82, 2.24) is 39.7 Å². The number of ether oxygens (including phenoxy) is 1. The fourth-order valence-electron chi connectivity index (χ4n) is 4.40. The lowest BCUT2D eigenvalue weighted by Crippen LogP contribution is -2.38. The maximum absolute atomic E-state index is 11.9. The van der Waals surface area contributed by atoms with Crippen LogP contribution in [0, 0.1) is 13.8 Å². The van der Waals surface area contributed by atoms with Gasteiger partial charge in [0.05, 0.1) is 23.0 Å². The van der Waals surface area contributed by atoms with Gasteiger partial charge in [0, 0.05) is 24.8 Å². The van der Waals surface area contributed by atoms with Crippen LogP contribution in [0.25, 0.3) is 16.8 Å². The highest BCUT2D eigenvalue weighted by Gasteiger charge is 2.26. The van der Waals surface area contributed by atoms with Crippen molar-refractivity contribution >= 4 is 34.4 Å². The van der Waals surface area contributed by atoms with Crippen LogP contribution in [0.4, 0.5) is 0 Å². The van der Waals surface area contributed by atoms with Crippen molar-refractivity contribution in [1.29, 1.82) is 0 Å². The van der Waals surface area contributed by atoms with E-state index >= 15 is 0 Å². The molecule has 5 rings (SSSR count). The van der Waals surface area contributed by atoms with Crippen LogP contribution in [-0.4, -0.2) is 58.7 Å². The number of hydrogen-bond donors (Lipinski definition) is 0. The molecule has 0 radical (unpaired) electrons. The number of amides is 1. The Morgan fingerprint density at radius 3 is 2.74 bits per heavy atom. The van der Waals surface area contributed by atoms with Gasteiger partial charge >= 0.3 is 0 Å². The zero-order valence-electron chi connectivity index (χ0n) is 19.7. The Morgan fingerprint density at radius 1 is 1.29 bits per heavy atom. The summed E-state index contributed by atoms with van der Waals surface area (Å²) in [5, 5.41) is 23.8. The number of rotatable bonds is 6. The molecule has 0 saturated carbocycles. The third-order valence-electron chi connectivity index (χ3n) is 6.22. The number of aromatic nitrogens is 7. The van der Waals surface area contributed by atoms with Crippen molar-refractivity contribution in [2.75, 3.05) is 13.1 Å². The first-order valence-electron chi connectivity index (χ1n) is 11.3. The molecule has 35 heavy (non-hydrogen) atoms. The van der Waals surface area contributed by atoms with Crippen LogP contribution in [0.5, 0.6) is 5.75 Å². The Morgan fingerprint density at radius 2 is 2.06 bits per heavy atom. The molecule has 0 spiro atoms. The van der Waals surface area contributed by atoms with Gasteiger partial charge < -0.3 is 9.64 Å². The summed E-state index contributed by atoms with van der Waals surface area (Å²) in [5.74, 6) is 0.548. The minimum atomic E-state index is -0.313. The highest BCUT2D eigenvalue weighted by atomic mass is 35.5. The topological polar surface area (TPSA) is 103 Å². The fraction of sp³-hybridized carbons (Fsp3) is 0.391. The molecule has 1 fully saturated rings. The Labute approximate surface area is 211 Å². The number of carbonyl (C=O) groups is 1. The summed E-state index contributed by atoms with van der Waals surface area (Å²) in [6.45, 7) is 10.8. The lowest BCUT2D eigenvalue weighted by atomic mass is 10.0. The smallest absolute Gasteiger partial charge is 0.245 e. The van der Waals surface area contributed by atoms with Gasteiger partial charge in [-0.2, -0.15) is 5.10 Å². The van der Waals surface area contributed by atoms with E-state index in [0.717, 1.165) is 39.8 Å². The van der Waals surface area contributed by atoms with Crippen LogP contribution in [0.15, 0.2) is 31.1 Å². The molecule has 182 valence electrons. The second-order valence-electron chi connectivity index (χ2n) is 8.53. The summed E-state index contributed by atoms with van der Waals surface area (Å²) in [6, 6.07) is 2.09. The summed E-state index contributed by atoms with van der Waals surface area (Å²) in [6.07, 6.45) is 6.14. The first-order chi connectivity index (χ1) is 16.9. The second-order valence-corrected chi connectivity index (χ2v) is 10.1. The Kier molecular flexibility index (Phi) is 6.28. The van der Waals surface area contributed by atoms with Crippen LogP contribution in [0.2, 0.25) is 5.02 Å². The molecule has 1 unspecified atom stereocenters. The van der Waals surface area contributed by atoms with E-state index in [1.165, 1.54) is 17.4 Å². The largest absolute Gasteiger partial charge is 0.481 e. The first-order valence-corrected chi connectivity index (χ1v) is 12.5. The quantitative estimate of drug-likeness (QED) is 0.356. The number of nitrogens with zero attached hydrogens (tertiary/aromatic N) is 8. The minimum absolute atomic E-state index is 0.0314. The maximum atomic E-state index is 11.9. The minimum Gasteiger partial charge on any atom is -0.481 e. The van der Waals surface area contributed by atoms with Crippen molar-refractivity contribution in [3.8, 4) is 17.0 Å². The van der Waals surface area contributed by atoms with Crippen LogP contribution < -0.4 is 4.74 Å². The molecule has 10 nitrogen and oxygen atoms in total. The summed E-state index contributed by atoms with van der Waals surface area (Å²) in [5.41, 5.74) is 3.17. The number of fused-ring (bicyclic) bond motifs is 1. The van der Waals surface area contributed by atoms with E-state index in [1.807, 2.05) is 42.6 Å². The van der Waals surface area contributed by atoms with E-state index in [-0.39, 0.29) is 18.1 Å². The molecule has 1 aliphatic rings. The number of likely N-dealkylation sites (tertiary alicyclic amines) is 1. The van der Waals surface area contributed by atoms with Crippen LogP contribution in [0.3, 0.4) is 0 Å². The average molecular weight is 513 g/mol. The number of pyridine rings is 1. The molecule has 1 amide bonds. The number of piperidine rings is 1. The van der Waals surface area contributed by atoms with Crippen molar-refractivity contribution in [2.24, 2.45) is 0 Å². The Balaban J connectivity index is 1.45. The molecule has 0 bridgehead atoms. The van der Waals surface area contributed by atoms with E-state index < -0.39 is 0 Å². The summed E-state index contributed by atoms with van der Waals surface area (Å²) in [7, 11) is 0. The zero-order valence-corrected chi connectivity index (χ0v) is 21.3. The molecule has 0 N–H and O–H groups in total. The summed E-state index contributed by atoms with van der Waals surface area (Å²) < 4.78 is 9.95. The lowest BCUT2D eigenvalue weighted by molar-refractivity contribution is -0.127. The molecule has 1 atom stereocenters. The maximum Gasteiger partial charge on any atom is 0.245 e. The van der Waals surface area contributed by atoms with Gasteiger partial charge in [0.15, 0.2) is 5.01 Å². The van der Waals surface area contributed by atoms with E-state index in [1.54, 1.807) is 10.7 Å². The van der Waals surface area contributed by atoms with Gasteiger partial charge in [0.25, 0.3) is 0 Å². The summed E-state index contributed by atoms with van der Waals surface area (Å²) in [4.78, 5) is 13.7. The van der Waals surface area contributed by atoms with E-state index in [0.29, 0.717) is 29.4 Å². The predicted molar refractivity (Wildman–Crippen MR) is 133 cm³/mol. The van der Waals surface area contributed by atoms with Gasteiger partial charge in [-0.25, -0.2) is 9.20 Å². The van der Waals surface area contributed by atoms with Gasteiger partial charge in [0.1, 0.15) is 28.1 Å². The third-order valence-corrected chi connectivity index (χ3v) is 7.50. The van der Waals surface area contributed by atoms with Crippen LogP contribution in [-0.2, 0) is 4.79 Å². The third kappa shape index (κ3) is 4.41. The van der Waals surface area contributed by atoms with Gasteiger partial charge in [-0.15, -0.1) is 15.3 Å². The summed E-state index contributed by atoms with van der Waals surface area (Å²) >= 11 is 7.93. The van der Waals surface area contributed by atoms with Gasteiger partial charge in [-0.05, 0) is 45.8 Å². The Hall–Kier alpha value is -3.31. The molecule has 4 aromatic rings. The van der Waals surface area contributed by atoms with Crippen molar-refractivity contribution in [2.45, 2.75) is 45.8 Å². The van der Waals surface area contributed by atoms with E-state index in [9.17, 15) is 4.79 Å². The van der Waals surface area contributed by atoms with E-state index in [4.69, 9.17) is 16.3 Å². The van der Waals surface area contributed by atoms with Crippen molar-refractivity contribution < 1.29 is 9.53 Å². The standard InChI is InChI=1S/C23H25ClN8O2S/c1-5-20(33)30-8-6-17(7-9-30)32-13(2)21(27-29-32)16-10-19(22-18(24)11-25-31(22)12-16)34-14(3)23-28-26-15(4)35-23/h5,10-12,14,17H,1,6-9H2,2-4H3. The van der Waals surface area contributed by atoms with Crippen LogP contribution in [0.1, 0.15) is 47.6 Å². The highest BCUT2D eigenvalue weighted by Crippen LogP contribution is 2.36. The number of halogens is 1. The van der Waals surface area contributed by atoms with Crippen LogP contribution >= 0.6 is 22.9 Å². The number of carbonyl (C=O) groups excluding carboxylic acids is 1. The molecule has 0 aromatic carbocycles. The predicted octanol–water partition coefficient (Wildman–Crippen LogP) is 4.20. The first kappa shape index (κ1) is 23.4. The van der Waals surface area contributed by atoms with E-state index in [2.05, 4.69) is 32.2 Å². The van der Waals surface area contributed by atoms with Crippen molar-refractivity contribution in [3.63, 3.8) is 0 Å². The average Bonchev–Trinajstić information content (AvgIpc) is 3.57. The fourth-order valence-corrected chi connectivity index (χ4v) is 5.30. The lowest BCUT2D eigenvalue weighted by Gasteiger charge is -2.31. The molecule has 1 saturated heterocycles. The molecular weight excluding hydrogens is 488 g/mol. The van der Waals surface area contributed by atoms with Crippen molar-refractivity contribution in [3.05, 3.63) is 51.8 Å². The molecule has 12 heteroatoms. The van der Waals surface area contributed by atoms with Gasteiger partial charge in [-0.1, -0.05) is 34.7 Å². The Bertz CT molecular complexity index is 1400. The molecular formula is C23H25ClN8O2S. The van der Waals surface area contributed by atoms with Gasteiger partial charge in [-0.3, -0.25) is 4.79 Å². The number of hydrogen-bond acceptors (Lipinski definition) is 8. The monoisotopic (exact) mass is 512 g/mol. The SMILES string of the molecule is C=CC(=O)N1CCC(n2nnc(-c3cc(OC(C)c4nnc(C)s4)c4c(Cl)cnn4c3)c2C)CC1. The second kappa shape index (κ2) is 9.38. The molecule has 1 aliphatic heterocycles. The molecule has 5 heterocycles. The normalized spacial score (nSPS) is 15.5. The molecule has 4 aromatic heterocycles. The highest BCUT2D eigenvalue weighted by molar-refractivity contribution is 7.11.